The lowest BCUT2D eigenvalue weighted by atomic mass is 10.1. The standard InChI is InChI=1S/C8H10O2.C2H6/c1-3-5-7(4-2)8(10)6-9;1-2/h3-6H,1-2H3;1-2H3/b5-3-,7-4+;. The molecule has 0 amide bonds. The van der Waals surface area contributed by atoms with Crippen molar-refractivity contribution < 1.29 is 9.59 Å². The van der Waals surface area contributed by atoms with E-state index in [2.05, 4.69) is 0 Å². The largest absolute Gasteiger partial charge is 0.294 e. The highest BCUT2D eigenvalue weighted by atomic mass is 16.2. The Bertz CT molecular complexity index is 188. The minimum Gasteiger partial charge on any atom is -0.294 e. The summed E-state index contributed by atoms with van der Waals surface area (Å²) in [7, 11) is 0. The first-order chi connectivity index (χ1) is 5.76. The third-order valence-corrected chi connectivity index (χ3v) is 1.05. The first-order valence-electron chi connectivity index (χ1n) is 4.04. The van der Waals surface area contributed by atoms with E-state index in [1.54, 1.807) is 32.1 Å². The summed E-state index contributed by atoms with van der Waals surface area (Å²) in [6, 6.07) is 0. The van der Waals surface area contributed by atoms with Crippen LogP contribution < -0.4 is 0 Å². The lowest BCUT2D eigenvalue weighted by Gasteiger charge is -1.88. The molecule has 0 unspecified atom stereocenters. The van der Waals surface area contributed by atoms with E-state index in [1.165, 1.54) is 0 Å². The first-order valence-corrected chi connectivity index (χ1v) is 4.04. The van der Waals surface area contributed by atoms with Gasteiger partial charge in [0.15, 0.2) is 6.29 Å². The third-order valence-electron chi connectivity index (χ3n) is 1.05. The molecule has 0 aliphatic carbocycles. The number of aldehydes is 1. The molecule has 0 saturated heterocycles. The second-order valence-corrected chi connectivity index (χ2v) is 1.73. The molecule has 0 saturated carbocycles. The molecule has 0 radical (unpaired) electrons. The highest BCUT2D eigenvalue weighted by Gasteiger charge is 2.00. The van der Waals surface area contributed by atoms with Crippen molar-refractivity contribution in [2.45, 2.75) is 27.7 Å². The molecule has 0 aromatic carbocycles. The van der Waals surface area contributed by atoms with E-state index in [1.807, 2.05) is 13.8 Å². The highest BCUT2D eigenvalue weighted by Crippen LogP contribution is 1.95. The first kappa shape index (κ1) is 13.4. The predicted octanol–water partition coefficient (Wildman–Crippen LogP) is 2.30. The molecule has 0 atom stereocenters. The fraction of sp³-hybridized carbons (Fsp3) is 0.400. The van der Waals surface area contributed by atoms with Crippen LogP contribution in [-0.4, -0.2) is 12.1 Å². The average molecular weight is 168 g/mol. The van der Waals surface area contributed by atoms with Crippen molar-refractivity contribution in [3.8, 4) is 0 Å². The molecule has 0 rings (SSSR count). The van der Waals surface area contributed by atoms with E-state index >= 15 is 0 Å². The van der Waals surface area contributed by atoms with Crippen LogP contribution >= 0.6 is 0 Å². The van der Waals surface area contributed by atoms with Gasteiger partial charge in [-0.2, -0.15) is 0 Å². The van der Waals surface area contributed by atoms with Gasteiger partial charge in [-0.05, 0) is 13.8 Å². The summed E-state index contributed by atoms with van der Waals surface area (Å²) in [5.41, 5.74) is 0.442. The number of ketones is 1. The van der Waals surface area contributed by atoms with Crippen molar-refractivity contribution in [2.75, 3.05) is 0 Å². The quantitative estimate of drug-likeness (QED) is 0.280. The molecule has 0 spiro atoms. The van der Waals surface area contributed by atoms with Gasteiger partial charge in [0.2, 0.25) is 5.78 Å². The van der Waals surface area contributed by atoms with Crippen LogP contribution in [0.5, 0.6) is 0 Å². The van der Waals surface area contributed by atoms with Gasteiger partial charge in [-0.25, -0.2) is 0 Å². The van der Waals surface area contributed by atoms with Crippen molar-refractivity contribution >= 4 is 12.1 Å². The smallest absolute Gasteiger partial charge is 0.225 e. The van der Waals surface area contributed by atoms with Crippen molar-refractivity contribution in [1.29, 1.82) is 0 Å². The second-order valence-electron chi connectivity index (χ2n) is 1.73. The third kappa shape index (κ3) is 5.59. The van der Waals surface area contributed by atoms with Crippen LogP contribution in [-0.2, 0) is 9.59 Å². The fourth-order valence-electron chi connectivity index (χ4n) is 0.568. The Hall–Kier alpha value is -1.18. The Morgan fingerprint density at radius 3 is 1.92 bits per heavy atom. The summed E-state index contributed by atoms with van der Waals surface area (Å²) < 4.78 is 0. The van der Waals surface area contributed by atoms with Crippen LogP contribution in [0, 0.1) is 0 Å². The molecule has 0 N–H and O–H groups in total. The van der Waals surface area contributed by atoms with Gasteiger partial charge in [0.25, 0.3) is 0 Å². The monoisotopic (exact) mass is 168 g/mol. The molecular formula is C10H16O2. The van der Waals surface area contributed by atoms with Gasteiger partial charge in [-0.1, -0.05) is 32.1 Å². The average Bonchev–Trinajstić information content (AvgIpc) is 2.16. The molecule has 68 valence electrons. The number of hydrogen-bond acceptors (Lipinski definition) is 2. The van der Waals surface area contributed by atoms with Crippen LogP contribution in [0.15, 0.2) is 23.8 Å². The SMILES string of the molecule is C/C=C\C(=C/C)C(=O)C=O.CC. The summed E-state index contributed by atoms with van der Waals surface area (Å²) in [6.45, 7) is 7.51. The molecular weight excluding hydrogens is 152 g/mol. The van der Waals surface area contributed by atoms with Gasteiger partial charge in [-0.15, -0.1) is 0 Å². The van der Waals surface area contributed by atoms with Crippen LogP contribution in [0.4, 0.5) is 0 Å². The minimum absolute atomic E-state index is 0.315. The van der Waals surface area contributed by atoms with Crippen molar-refractivity contribution in [3.63, 3.8) is 0 Å². The lowest BCUT2D eigenvalue weighted by Crippen LogP contribution is -2.00. The molecule has 0 bridgehead atoms. The molecule has 12 heavy (non-hydrogen) atoms. The van der Waals surface area contributed by atoms with Crippen LogP contribution in [0.1, 0.15) is 27.7 Å². The predicted molar refractivity (Wildman–Crippen MR) is 51.0 cm³/mol. The summed E-state index contributed by atoms with van der Waals surface area (Å²) in [5.74, 6) is -0.472. The summed E-state index contributed by atoms with van der Waals surface area (Å²) in [6.07, 6.45) is 5.25. The zero-order valence-corrected chi connectivity index (χ0v) is 8.13. The Morgan fingerprint density at radius 1 is 1.17 bits per heavy atom. The van der Waals surface area contributed by atoms with Crippen molar-refractivity contribution in [1.82, 2.24) is 0 Å². The minimum atomic E-state index is -0.472. The Morgan fingerprint density at radius 2 is 1.67 bits per heavy atom. The molecule has 0 aromatic heterocycles. The molecule has 0 fully saturated rings. The molecule has 0 aromatic rings. The van der Waals surface area contributed by atoms with Gasteiger partial charge in [-0.3, -0.25) is 9.59 Å². The normalized spacial score (nSPS) is 10.5. The molecule has 0 heterocycles. The Labute approximate surface area is 74.0 Å². The van der Waals surface area contributed by atoms with Gasteiger partial charge < -0.3 is 0 Å². The summed E-state index contributed by atoms with van der Waals surface area (Å²) >= 11 is 0. The van der Waals surface area contributed by atoms with Crippen molar-refractivity contribution in [3.05, 3.63) is 23.8 Å². The van der Waals surface area contributed by atoms with Gasteiger partial charge >= 0.3 is 0 Å². The fourth-order valence-corrected chi connectivity index (χ4v) is 0.568. The second kappa shape index (κ2) is 9.82. The van der Waals surface area contributed by atoms with Gasteiger partial charge in [0.05, 0.1) is 0 Å². The number of hydrogen-bond donors (Lipinski definition) is 0. The maximum atomic E-state index is 10.6. The number of Topliss-reactive ketones (excluding diaryl/α,β-unsaturated/α-hetero) is 1. The number of carbonyl (C=O) groups is 2. The molecule has 2 nitrogen and oxygen atoms in total. The van der Waals surface area contributed by atoms with E-state index in [0.717, 1.165) is 0 Å². The van der Waals surface area contributed by atoms with Crippen LogP contribution in [0.2, 0.25) is 0 Å². The molecule has 0 aliphatic rings. The maximum Gasteiger partial charge on any atom is 0.225 e. The van der Waals surface area contributed by atoms with Crippen LogP contribution in [0.25, 0.3) is 0 Å². The summed E-state index contributed by atoms with van der Waals surface area (Å²) in [4.78, 5) is 20.6. The molecule has 0 aliphatic heterocycles. The number of allylic oxidation sites excluding steroid dienone is 4. The topological polar surface area (TPSA) is 34.1 Å². The van der Waals surface area contributed by atoms with E-state index < -0.39 is 5.78 Å². The van der Waals surface area contributed by atoms with Gasteiger partial charge in [0.1, 0.15) is 0 Å². The van der Waals surface area contributed by atoms with Gasteiger partial charge in [0, 0.05) is 5.57 Å². The van der Waals surface area contributed by atoms with Crippen LogP contribution in [0.3, 0.4) is 0 Å². The number of carbonyl (C=O) groups excluding carboxylic acids is 2. The maximum absolute atomic E-state index is 10.6. The summed E-state index contributed by atoms with van der Waals surface area (Å²) in [5, 5.41) is 0. The Balaban J connectivity index is 0. The molecule has 2 heteroatoms. The van der Waals surface area contributed by atoms with E-state index in [0.29, 0.717) is 11.9 Å². The van der Waals surface area contributed by atoms with E-state index in [9.17, 15) is 9.59 Å². The van der Waals surface area contributed by atoms with E-state index in [4.69, 9.17) is 0 Å². The highest BCUT2D eigenvalue weighted by molar-refractivity contribution is 6.33. The zero-order chi connectivity index (χ0) is 9.98. The lowest BCUT2D eigenvalue weighted by molar-refractivity contribution is -0.127. The Kier molecular flexibility index (Phi) is 11.0. The van der Waals surface area contributed by atoms with E-state index in [-0.39, 0.29) is 0 Å². The number of rotatable bonds is 3. The van der Waals surface area contributed by atoms with Crippen molar-refractivity contribution in [2.24, 2.45) is 0 Å². The zero-order valence-electron chi connectivity index (χ0n) is 8.13.